The Morgan fingerprint density at radius 3 is 2.88 bits per heavy atom. The Bertz CT molecular complexity index is 558. The normalized spacial score (nSPS) is 11.2. The molecule has 2 nitrogen and oxygen atoms in total. The Labute approximate surface area is 111 Å². The van der Waals surface area contributed by atoms with Crippen LogP contribution < -0.4 is 0 Å². The first-order valence-corrected chi connectivity index (χ1v) is 6.80. The van der Waals surface area contributed by atoms with Crippen molar-refractivity contribution in [2.45, 2.75) is 39.2 Å². The van der Waals surface area contributed by atoms with Gasteiger partial charge in [0.05, 0.1) is 5.52 Å². The molecule has 2 aromatic rings. The quantitative estimate of drug-likeness (QED) is 0.549. The zero-order chi connectivity index (χ0) is 12.3. The zero-order valence-corrected chi connectivity index (χ0v) is 11.5. The minimum Gasteiger partial charge on any atom is -0.429 e. The summed E-state index contributed by atoms with van der Waals surface area (Å²) in [6.07, 6.45) is 4.86. The number of nitrogens with zero attached hydrogens (tertiary/aromatic N) is 1. The molecular weight excluding hydrogens is 254 g/mol. The highest BCUT2D eigenvalue weighted by Crippen LogP contribution is 2.22. The predicted octanol–water partition coefficient (Wildman–Crippen LogP) is 5.20. The molecule has 2 rings (SSSR count). The van der Waals surface area contributed by atoms with Crippen molar-refractivity contribution in [2.24, 2.45) is 0 Å². The van der Waals surface area contributed by atoms with Crippen LogP contribution in [0, 0.1) is 4.84 Å². The van der Waals surface area contributed by atoms with Gasteiger partial charge in [-0.05, 0) is 36.8 Å². The highest BCUT2D eigenvalue weighted by Gasteiger charge is 2.06. The molecule has 0 N–H and O–H groups in total. The molecule has 0 aliphatic carbocycles. The van der Waals surface area contributed by atoms with Crippen molar-refractivity contribution >= 4 is 34.9 Å². The van der Waals surface area contributed by atoms with E-state index in [-0.39, 0.29) is 0 Å². The average Bonchev–Trinajstić information content (AvgIpc) is 2.61. The molecule has 17 heavy (non-hydrogen) atoms. The SMILES string of the molecule is CCCCCCn1c(=S)oc2ccc(Cl)cc21. The molecule has 0 saturated carbocycles. The third-order valence-corrected chi connectivity index (χ3v) is 3.40. The zero-order valence-electron chi connectivity index (χ0n) is 9.91. The molecule has 1 aromatic carbocycles. The minimum absolute atomic E-state index is 0.541. The largest absolute Gasteiger partial charge is 0.429 e. The second-order valence-corrected chi connectivity index (χ2v) is 4.98. The van der Waals surface area contributed by atoms with Gasteiger partial charge in [-0.1, -0.05) is 37.8 Å². The van der Waals surface area contributed by atoms with Crippen LogP contribution in [0.1, 0.15) is 32.6 Å². The first kappa shape index (κ1) is 12.7. The van der Waals surface area contributed by atoms with Crippen LogP contribution in [0.5, 0.6) is 0 Å². The fourth-order valence-electron chi connectivity index (χ4n) is 1.94. The van der Waals surface area contributed by atoms with E-state index >= 15 is 0 Å². The Morgan fingerprint density at radius 1 is 1.29 bits per heavy atom. The van der Waals surface area contributed by atoms with E-state index in [9.17, 15) is 0 Å². The van der Waals surface area contributed by atoms with Crippen molar-refractivity contribution in [3.05, 3.63) is 28.1 Å². The van der Waals surface area contributed by atoms with Crippen LogP contribution in [0.2, 0.25) is 5.02 Å². The number of hydrogen-bond acceptors (Lipinski definition) is 2. The van der Waals surface area contributed by atoms with Gasteiger partial charge in [0.25, 0.3) is 4.84 Å². The highest BCUT2D eigenvalue weighted by atomic mass is 35.5. The number of hydrogen-bond donors (Lipinski definition) is 0. The fourth-order valence-corrected chi connectivity index (χ4v) is 2.39. The summed E-state index contributed by atoms with van der Waals surface area (Å²) < 4.78 is 7.56. The van der Waals surface area contributed by atoms with Gasteiger partial charge in [0.2, 0.25) is 0 Å². The molecule has 0 radical (unpaired) electrons. The topological polar surface area (TPSA) is 18.1 Å². The van der Waals surface area contributed by atoms with Gasteiger partial charge in [0.1, 0.15) is 0 Å². The Balaban J connectivity index is 2.23. The first-order valence-electron chi connectivity index (χ1n) is 6.01. The lowest BCUT2D eigenvalue weighted by molar-refractivity contribution is 0.514. The molecule has 0 saturated heterocycles. The Morgan fingerprint density at radius 2 is 2.12 bits per heavy atom. The number of fused-ring (bicyclic) bond motifs is 1. The second-order valence-electron chi connectivity index (χ2n) is 4.19. The van der Waals surface area contributed by atoms with E-state index in [1.807, 2.05) is 22.8 Å². The smallest absolute Gasteiger partial charge is 0.269 e. The van der Waals surface area contributed by atoms with E-state index < -0.39 is 0 Å². The molecular formula is C13H16ClNOS. The summed E-state index contributed by atoms with van der Waals surface area (Å²) >= 11 is 11.2. The summed E-state index contributed by atoms with van der Waals surface area (Å²) in [5.41, 5.74) is 1.81. The molecule has 0 amide bonds. The van der Waals surface area contributed by atoms with Gasteiger partial charge in [-0.3, -0.25) is 4.57 Å². The summed E-state index contributed by atoms with van der Waals surface area (Å²) in [6.45, 7) is 3.12. The van der Waals surface area contributed by atoms with Crippen molar-refractivity contribution in [3.63, 3.8) is 0 Å². The van der Waals surface area contributed by atoms with Gasteiger partial charge in [-0.2, -0.15) is 0 Å². The van der Waals surface area contributed by atoms with Crippen LogP contribution in [-0.4, -0.2) is 4.57 Å². The van der Waals surface area contributed by atoms with E-state index in [0.717, 1.165) is 29.1 Å². The molecule has 0 unspecified atom stereocenters. The molecule has 0 fully saturated rings. The third kappa shape index (κ3) is 2.90. The second kappa shape index (κ2) is 5.69. The molecule has 1 aromatic heterocycles. The monoisotopic (exact) mass is 269 g/mol. The van der Waals surface area contributed by atoms with Gasteiger partial charge in [0, 0.05) is 11.6 Å². The molecule has 0 aliphatic rings. The Kier molecular flexibility index (Phi) is 4.24. The number of halogens is 1. The third-order valence-electron chi connectivity index (χ3n) is 2.86. The van der Waals surface area contributed by atoms with E-state index in [0.29, 0.717) is 4.84 Å². The number of aryl methyl sites for hydroxylation is 1. The van der Waals surface area contributed by atoms with Crippen molar-refractivity contribution in [3.8, 4) is 0 Å². The van der Waals surface area contributed by atoms with Crippen LogP contribution in [0.3, 0.4) is 0 Å². The summed E-state index contributed by atoms with van der Waals surface area (Å²) in [5.74, 6) is 0. The fraction of sp³-hybridized carbons (Fsp3) is 0.462. The van der Waals surface area contributed by atoms with Gasteiger partial charge in [-0.15, -0.1) is 0 Å². The number of benzene rings is 1. The number of rotatable bonds is 5. The van der Waals surface area contributed by atoms with Crippen LogP contribution in [-0.2, 0) is 6.54 Å². The minimum atomic E-state index is 0.541. The predicted molar refractivity (Wildman–Crippen MR) is 74.2 cm³/mol. The van der Waals surface area contributed by atoms with Crippen LogP contribution >= 0.6 is 23.8 Å². The maximum Gasteiger partial charge on any atom is 0.269 e. The van der Waals surface area contributed by atoms with Gasteiger partial charge in [0.15, 0.2) is 5.58 Å². The Hall–Kier alpha value is -0.800. The average molecular weight is 270 g/mol. The highest BCUT2D eigenvalue weighted by molar-refractivity contribution is 7.71. The molecule has 1 heterocycles. The van der Waals surface area contributed by atoms with E-state index in [1.54, 1.807) is 0 Å². The summed E-state index contributed by atoms with van der Waals surface area (Å²) in [5, 5.41) is 0.718. The molecule has 0 aliphatic heterocycles. The summed E-state index contributed by atoms with van der Waals surface area (Å²) in [4.78, 5) is 0.541. The van der Waals surface area contributed by atoms with E-state index in [2.05, 4.69) is 6.92 Å². The van der Waals surface area contributed by atoms with Gasteiger partial charge < -0.3 is 4.42 Å². The van der Waals surface area contributed by atoms with Crippen molar-refractivity contribution in [2.75, 3.05) is 0 Å². The maximum absolute atomic E-state index is 5.99. The van der Waals surface area contributed by atoms with Crippen LogP contribution in [0.15, 0.2) is 22.6 Å². The molecule has 0 bridgehead atoms. The van der Waals surface area contributed by atoms with Crippen molar-refractivity contribution in [1.29, 1.82) is 0 Å². The molecule has 92 valence electrons. The number of aromatic nitrogens is 1. The molecule has 0 atom stereocenters. The molecule has 0 spiro atoms. The lowest BCUT2D eigenvalue weighted by Gasteiger charge is -2.02. The van der Waals surface area contributed by atoms with Gasteiger partial charge in [-0.25, -0.2) is 0 Å². The molecule has 4 heteroatoms. The lowest BCUT2D eigenvalue weighted by Crippen LogP contribution is -1.97. The van der Waals surface area contributed by atoms with E-state index in [4.69, 9.17) is 28.2 Å². The maximum atomic E-state index is 5.99. The van der Waals surface area contributed by atoms with Gasteiger partial charge >= 0.3 is 0 Å². The standard InChI is InChI=1S/C13H16ClNOS/c1-2-3-4-5-8-15-11-9-10(14)6-7-12(11)16-13(15)17/h6-7,9H,2-5,8H2,1H3. The summed E-state index contributed by atoms with van der Waals surface area (Å²) in [6, 6.07) is 5.61. The van der Waals surface area contributed by atoms with Crippen LogP contribution in [0.4, 0.5) is 0 Å². The number of oxazole rings is 1. The van der Waals surface area contributed by atoms with Crippen LogP contribution in [0.25, 0.3) is 11.1 Å². The van der Waals surface area contributed by atoms with E-state index in [1.165, 1.54) is 19.3 Å². The van der Waals surface area contributed by atoms with Crippen molar-refractivity contribution < 1.29 is 4.42 Å². The van der Waals surface area contributed by atoms with Crippen molar-refractivity contribution in [1.82, 2.24) is 4.57 Å². The summed E-state index contributed by atoms with van der Waals surface area (Å²) in [7, 11) is 0. The number of unbranched alkanes of at least 4 members (excludes halogenated alkanes) is 3. The first-order chi connectivity index (χ1) is 8.22. The lowest BCUT2D eigenvalue weighted by atomic mass is 10.2.